The summed E-state index contributed by atoms with van der Waals surface area (Å²) in [6, 6.07) is 7.04. The highest BCUT2D eigenvalue weighted by Gasteiger charge is 2.37. The van der Waals surface area contributed by atoms with Gasteiger partial charge < -0.3 is 10.1 Å². The van der Waals surface area contributed by atoms with Crippen LogP contribution in [0.5, 0.6) is 5.75 Å². The van der Waals surface area contributed by atoms with Gasteiger partial charge in [0.1, 0.15) is 11.8 Å². The van der Waals surface area contributed by atoms with Gasteiger partial charge >= 0.3 is 6.03 Å². The minimum absolute atomic E-state index is 0.201. The average Bonchev–Trinajstić information content (AvgIpc) is 3.22. The number of aromatic nitrogens is 3. The molecule has 3 rings (SSSR count). The van der Waals surface area contributed by atoms with Gasteiger partial charge in [0.25, 0.3) is 5.91 Å². The molecule has 3 amide bonds. The molecule has 1 unspecified atom stereocenters. The number of aryl methyl sites for hydroxylation is 1. The smallest absolute Gasteiger partial charge is 0.324 e. The summed E-state index contributed by atoms with van der Waals surface area (Å²) in [7, 11) is 1.64. The van der Waals surface area contributed by atoms with Crippen molar-refractivity contribution in [3.63, 3.8) is 0 Å². The molecular weight excluding hydrogens is 346 g/mol. The van der Waals surface area contributed by atoms with Gasteiger partial charge in [-0.25, -0.2) is 9.48 Å². The average molecular weight is 371 g/mol. The summed E-state index contributed by atoms with van der Waals surface area (Å²) in [5.41, 5.74) is 1.76. The second-order valence-electron chi connectivity index (χ2n) is 6.90. The molecule has 0 saturated carbocycles. The van der Waals surface area contributed by atoms with Crippen LogP contribution in [0.4, 0.5) is 4.79 Å². The molecule has 1 aromatic heterocycles. The Hall–Kier alpha value is -2.90. The van der Waals surface area contributed by atoms with Crippen LogP contribution in [0.15, 0.2) is 30.5 Å². The summed E-state index contributed by atoms with van der Waals surface area (Å²) in [6.07, 6.45) is 3.57. The number of hydrogen-bond acceptors (Lipinski definition) is 5. The van der Waals surface area contributed by atoms with E-state index in [9.17, 15) is 9.59 Å². The third kappa shape index (κ3) is 4.27. The van der Waals surface area contributed by atoms with Crippen LogP contribution in [0.2, 0.25) is 0 Å². The maximum Gasteiger partial charge on any atom is 0.324 e. The quantitative estimate of drug-likeness (QED) is 0.717. The molecule has 1 aliphatic heterocycles. The van der Waals surface area contributed by atoms with Crippen LogP contribution in [0.1, 0.15) is 37.6 Å². The fraction of sp³-hybridized carbons (Fsp3) is 0.474. The molecule has 0 radical (unpaired) electrons. The van der Waals surface area contributed by atoms with E-state index in [4.69, 9.17) is 4.74 Å². The van der Waals surface area contributed by atoms with Gasteiger partial charge in [-0.2, -0.15) is 0 Å². The zero-order valence-electron chi connectivity index (χ0n) is 15.9. The maximum absolute atomic E-state index is 12.6. The first-order valence-corrected chi connectivity index (χ1v) is 9.14. The minimum Gasteiger partial charge on any atom is -0.496 e. The van der Waals surface area contributed by atoms with E-state index in [0.717, 1.165) is 17.7 Å². The predicted molar refractivity (Wildman–Crippen MR) is 99.5 cm³/mol. The minimum atomic E-state index is -0.582. The fourth-order valence-electron chi connectivity index (χ4n) is 3.13. The molecule has 8 heteroatoms. The van der Waals surface area contributed by atoms with Crippen LogP contribution in [0, 0.1) is 0 Å². The largest absolute Gasteiger partial charge is 0.496 e. The highest BCUT2D eigenvalue weighted by molar-refractivity contribution is 6.04. The Morgan fingerprint density at radius 1 is 1.26 bits per heavy atom. The molecule has 1 saturated heterocycles. The van der Waals surface area contributed by atoms with Crippen molar-refractivity contribution >= 4 is 11.9 Å². The predicted octanol–water partition coefficient (Wildman–Crippen LogP) is 1.96. The van der Waals surface area contributed by atoms with Crippen molar-refractivity contribution < 1.29 is 14.3 Å². The highest BCUT2D eigenvalue weighted by atomic mass is 16.5. The lowest BCUT2D eigenvalue weighted by Gasteiger charge is -2.13. The molecule has 1 aromatic carbocycles. The monoisotopic (exact) mass is 371 g/mol. The van der Waals surface area contributed by atoms with E-state index in [1.54, 1.807) is 11.8 Å². The second-order valence-corrected chi connectivity index (χ2v) is 6.90. The number of methoxy groups -OCH3 is 1. The Balaban J connectivity index is 1.55. The molecule has 2 aromatic rings. The molecule has 1 fully saturated rings. The van der Waals surface area contributed by atoms with Crippen molar-refractivity contribution in [3.05, 3.63) is 41.7 Å². The van der Waals surface area contributed by atoms with Crippen molar-refractivity contribution in [2.75, 3.05) is 13.7 Å². The maximum atomic E-state index is 12.6. The van der Waals surface area contributed by atoms with Crippen molar-refractivity contribution in [3.8, 4) is 5.75 Å². The van der Waals surface area contributed by atoms with Crippen molar-refractivity contribution in [2.45, 2.75) is 45.2 Å². The summed E-state index contributed by atoms with van der Waals surface area (Å²) < 4.78 is 7.08. The summed E-state index contributed by atoms with van der Waals surface area (Å²) >= 11 is 0. The first-order valence-electron chi connectivity index (χ1n) is 9.14. The van der Waals surface area contributed by atoms with Crippen LogP contribution < -0.4 is 10.1 Å². The van der Waals surface area contributed by atoms with Crippen molar-refractivity contribution in [1.82, 2.24) is 25.2 Å². The standard InChI is InChI=1S/C19H25N5O3/c1-13(2)24-12-15(21-22-24)11-16-18(25)23(19(26)20-16)10-6-8-14-7-4-5-9-17(14)27-3/h4-5,7,9,12-13,16H,6,8,10-11H2,1-3H3,(H,20,26). The lowest BCUT2D eigenvalue weighted by molar-refractivity contribution is -0.127. The number of amides is 3. The number of nitrogens with one attached hydrogen (secondary N) is 1. The van der Waals surface area contributed by atoms with E-state index in [2.05, 4.69) is 15.6 Å². The highest BCUT2D eigenvalue weighted by Crippen LogP contribution is 2.20. The van der Waals surface area contributed by atoms with Gasteiger partial charge in [-0.05, 0) is 38.3 Å². The number of ether oxygens (including phenoxy) is 1. The number of urea groups is 1. The van der Waals surface area contributed by atoms with Crippen molar-refractivity contribution in [1.29, 1.82) is 0 Å². The molecule has 0 bridgehead atoms. The Bertz CT molecular complexity index is 817. The Kier molecular flexibility index (Phi) is 5.73. The van der Waals surface area contributed by atoms with E-state index in [0.29, 0.717) is 25.1 Å². The first-order chi connectivity index (χ1) is 13.0. The van der Waals surface area contributed by atoms with Gasteiger partial charge in [0.05, 0.1) is 12.8 Å². The normalized spacial score (nSPS) is 16.9. The fourth-order valence-corrected chi connectivity index (χ4v) is 3.13. The number of nitrogens with zero attached hydrogens (tertiary/aromatic N) is 4. The molecular formula is C19H25N5O3. The van der Waals surface area contributed by atoms with Crippen LogP contribution in [-0.4, -0.2) is 51.5 Å². The Labute approximate surface area is 158 Å². The molecule has 1 aliphatic rings. The summed E-state index contributed by atoms with van der Waals surface area (Å²) in [5, 5.41) is 10.9. The molecule has 1 atom stereocenters. The van der Waals surface area contributed by atoms with Gasteiger partial charge in [-0.3, -0.25) is 9.69 Å². The molecule has 144 valence electrons. The molecule has 2 heterocycles. The number of hydrogen-bond donors (Lipinski definition) is 1. The number of carbonyl (C=O) groups excluding carboxylic acids is 2. The Morgan fingerprint density at radius 3 is 2.74 bits per heavy atom. The molecule has 27 heavy (non-hydrogen) atoms. The third-order valence-electron chi connectivity index (χ3n) is 4.63. The van der Waals surface area contributed by atoms with Crippen LogP contribution in [-0.2, 0) is 17.6 Å². The van der Waals surface area contributed by atoms with Crippen molar-refractivity contribution in [2.24, 2.45) is 0 Å². The second kappa shape index (κ2) is 8.20. The van der Waals surface area contributed by atoms with Gasteiger partial charge in [-0.1, -0.05) is 23.4 Å². The van der Waals surface area contributed by atoms with Gasteiger partial charge in [0.2, 0.25) is 0 Å². The summed E-state index contributed by atoms with van der Waals surface area (Å²) in [6.45, 7) is 4.38. The van der Waals surface area contributed by atoms with Crippen LogP contribution >= 0.6 is 0 Å². The first kappa shape index (κ1) is 18.9. The summed E-state index contributed by atoms with van der Waals surface area (Å²) in [4.78, 5) is 26.1. The molecule has 1 N–H and O–H groups in total. The molecule has 0 aliphatic carbocycles. The zero-order chi connectivity index (χ0) is 19.4. The molecule has 0 spiro atoms. The lowest BCUT2D eigenvalue weighted by Crippen LogP contribution is -2.33. The van der Waals surface area contributed by atoms with E-state index in [1.807, 2.05) is 44.3 Å². The van der Waals surface area contributed by atoms with Gasteiger partial charge in [0, 0.05) is 25.2 Å². The topological polar surface area (TPSA) is 89.3 Å². The molecule has 8 nitrogen and oxygen atoms in total. The number of para-hydroxylation sites is 1. The SMILES string of the molecule is COc1ccccc1CCCN1C(=O)NC(Cc2cn(C(C)C)nn2)C1=O. The van der Waals surface area contributed by atoms with E-state index in [-0.39, 0.29) is 18.0 Å². The zero-order valence-corrected chi connectivity index (χ0v) is 15.9. The number of benzene rings is 1. The van der Waals surface area contributed by atoms with Gasteiger partial charge in [-0.15, -0.1) is 5.10 Å². The third-order valence-corrected chi connectivity index (χ3v) is 4.63. The van der Waals surface area contributed by atoms with Crippen LogP contribution in [0.25, 0.3) is 0 Å². The Morgan fingerprint density at radius 2 is 2.04 bits per heavy atom. The van der Waals surface area contributed by atoms with Gasteiger partial charge in [0.15, 0.2) is 0 Å². The summed E-state index contributed by atoms with van der Waals surface area (Å²) in [5.74, 6) is 0.611. The number of imide groups is 1. The van der Waals surface area contributed by atoms with E-state index < -0.39 is 6.04 Å². The van der Waals surface area contributed by atoms with E-state index >= 15 is 0 Å². The number of carbonyl (C=O) groups is 2. The van der Waals surface area contributed by atoms with E-state index in [1.165, 1.54) is 4.90 Å². The van der Waals surface area contributed by atoms with Crippen LogP contribution in [0.3, 0.4) is 0 Å². The lowest BCUT2D eigenvalue weighted by atomic mass is 10.1. The number of rotatable bonds is 8.